The van der Waals surface area contributed by atoms with E-state index in [9.17, 15) is 13.2 Å². The Kier molecular flexibility index (Phi) is 4.81. The smallest absolute Gasteiger partial charge is 0.264 e. The molecule has 5 nitrogen and oxygen atoms in total. The van der Waals surface area contributed by atoms with Crippen LogP contribution in [0.2, 0.25) is 0 Å². The molecule has 3 rings (SSSR count). The van der Waals surface area contributed by atoms with Crippen LogP contribution in [0, 0.1) is 13.8 Å². The number of carbonyl (C=O) groups excluding carboxylic acids is 1. The molecule has 132 valence electrons. The Morgan fingerprint density at radius 1 is 1.08 bits per heavy atom. The van der Waals surface area contributed by atoms with Crippen LogP contribution in [0.15, 0.2) is 53.4 Å². The number of carbonyl (C=O) groups is 1. The first-order valence-electron chi connectivity index (χ1n) is 8.33. The Hall–Kier alpha value is -2.34. The van der Waals surface area contributed by atoms with Crippen LogP contribution in [0.3, 0.4) is 0 Å². The molecule has 0 bridgehead atoms. The summed E-state index contributed by atoms with van der Waals surface area (Å²) in [7, 11) is -3.83. The van der Waals surface area contributed by atoms with E-state index in [1.807, 2.05) is 26.0 Å². The zero-order valence-corrected chi connectivity index (χ0v) is 15.2. The third-order valence-electron chi connectivity index (χ3n) is 4.41. The van der Waals surface area contributed by atoms with Crippen LogP contribution < -0.4 is 9.62 Å². The van der Waals surface area contributed by atoms with Gasteiger partial charge in [0, 0.05) is 6.04 Å². The molecule has 0 atom stereocenters. The van der Waals surface area contributed by atoms with Crippen molar-refractivity contribution in [2.75, 3.05) is 10.8 Å². The average Bonchev–Trinajstić information content (AvgIpc) is 3.40. The van der Waals surface area contributed by atoms with E-state index in [4.69, 9.17) is 0 Å². The molecule has 0 aliphatic heterocycles. The second kappa shape index (κ2) is 6.88. The number of nitrogens with zero attached hydrogens (tertiary/aromatic N) is 1. The van der Waals surface area contributed by atoms with Crippen LogP contribution in [0.4, 0.5) is 5.69 Å². The molecular formula is C19H22N2O3S. The maximum atomic E-state index is 13.2. The minimum Gasteiger partial charge on any atom is -0.352 e. The van der Waals surface area contributed by atoms with Gasteiger partial charge in [0.05, 0.1) is 10.6 Å². The highest BCUT2D eigenvalue weighted by atomic mass is 32.2. The number of benzene rings is 2. The van der Waals surface area contributed by atoms with Gasteiger partial charge in [0.2, 0.25) is 5.91 Å². The van der Waals surface area contributed by atoms with Gasteiger partial charge in [-0.15, -0.1) is 0 Å². The van der Waals surface area contributed by atoms with E-state index in [1.165, 1.54) is 4.31 Å². The number of anilines is 1. The van der Waals surface area contributed by atoms with E-state index in [2.05, 4.69) is 5.32 Å². The maximum absolute atomic E-state index is 13.2. The summed E-state index contributed by atoms with van der Waals surface area (Å²) >= 11 is 0. The second-order valence-electron chi connectivity index (χ2n) is 6.39. The molecule has 0 heterocycles. The lowest BCUT2D eigenvalue weighted by Gasteiger charge is -2.26. The van der Waals surface area contributed by atoms with Gasteiger partial charge in [0.1, 0.15) is 6.54 Å². The summed E-state index contributed by atoms with van der Waals surface area (Å²) in [6.45, 7) is 3.57. The van der Waals surface area contributed by atoms with Gasteiger partial charge in [-0.25, -0.2) is 8.42 Å². The van der Waals surface area contributed by atoms with E-state index >= 15 is 0 Å². The molecule has 0 saturated heterocycles. The Labute approximate surface area is 148 Å². The number of aryl methyl sites for hydroxylation is 1. The van der Waals surface area contributed by atoms with Gasteiger partial charge >= 0.3 is 0 Å². The van der Waals surface area contributed by atoms with E-state index < -0.39 is 10.0 Å². The van der Waals surface area contributed by atoms with Crippen LogP contribution in [0.1, 0.15) is 24.0 Å². The zero-order chi connectivity index (χ0) is 18.0. The highest BCUT2D eigenvalue weighted by molar-refractivity contribution is 7.92. The van der Waals surface area contributed by atoms with Crippen LogP contribution in [0.25, 0.3) is 0 Å². The zero-order valence-electron chi connectivity index (χ0n) is 14.4. The number of amides is 1. The summed E-state index contributed by atoms with van der Waals surface area (Å²) in [6.07, 6.45) is 1.92. The van der Waals surface area contributed by atoms with E-state index in [1.54, 1.807) is 36.4 Å². The number of sulfonamides is 1. The SMILES string of the molecule is Cc1cccc(N(CC(=O)NC2CC2)S(=O)(=O)c2ccccc2)c1C. The first-order valence-corrected chi connectivity index (χ1v) is 9.77. The summed E-state index contributed by atoms with van der Waals surface area (Å²) < 4.78 is 27.6. The summed E-state index contributed by atoms with van der Waals surface area (Å²) in [5, 5.41) is 2.87. The molecule has 1 aliphatic carbocycles. The van der Waals surface area contributed by atoms with Crippen molar-refractivity contribution in [2.24, 2.45) is 0 Å². The molecule has 1 fully saturated rings. The van der Waals surface area contributed by atoms with Crippen LogP contribution in [-0.2, 0) is 14.8 Å². The maximum Gasteiger partial charge on any atom is 0.264 e. The molecule has 0 spiro atoms. The Bertz CT molecular complexity index is 875. The molecule has 6 heteroatoms. The number of rotatable bonds is 6. The van der Waals surface area contributed by atoms with Crippen molar-refractivity contribution in [3.8, 4) is 0 Å². The summed E-state index contributed by atoms with van der Waals surface area (Å²) in [4.78, 5) is 12.5. The number of nitrogens with one attached hydrogen (secondary N) is 1. The lowest BCUT2D eigenvalue weighted by Crippen LogP contribution is -2.41. The molecule has 1 aliphatic rings. The molecule has 1 N–H and O–H groups in total. The molecule has 0 aromatic heterocycles. The molecule has 0 unspecified atom stereocenters. The quantitative estimate of drug-likeness (QED) is 0.863. The molecule has 0 radical (unpaired) electrons. The predicted octanol–water partition coefficient (Wildman–Crippen LogP) is 2.78. The standard InChI is InChI=1S/C19H22N2O3S/c1-14-7-6-10-18(15(14)2)21(13-19(22)20-16-11-12-16)25(23,24)17-8-4-3-5-9-17/h3-10,16H,11-13H2,1-2H3,(H,20,22). The molecule has 2 aromatic carbocycles. The van der Waals surface area contributed by atoms with Crippen molar-refractivity contribution in [1.29, 1.82) is 0 Å². The third-order valence-corrected chi connectivity index (χ3v) is 6.18. The van der Waals surface area contributed by atoms with Gasteiger partial charge in [-0.3, -0.25) is 9.10 Å². The first-order chi connectivity index (χ1) is 11.9. The third kappa shape index (κ3) is 3.85. The molecule has 25 heavy (non-hydrogen) atoms. The predicted molar refractivity (Wildman–Crippen MR) is 98.1 cm³/mol. The van der Waals surface area contributed by atoms with Gasteiger partial charge in [0.25, 0.3) is 10.0 Å². The molecule has 1 amide bonds. The minimum absolute atomic E-state index is 0.176. The number of hydrogen-bond donors (Lipinski definition) is 1. The monoisotopic (exact) mass is 358 g/mol. The Balaban J connectivity index is 2.02. The largest absolute Gasteiger partial charge is 0.352 e. The van der Waals surface area contributed by atoms with Gasteiger partial charge < -0.3 is 5.32 Å². The van der Waals surface area contributed by atoms with Crippen molar-refractivity contribution in [3.63, 3.8) is 0 Å². The lowest BCUT2D eigenvalue weighted by molar-refractivity contribution is -0.119. The fourth-order valence-corrected chi connectivity index (χ4v) is 4.16. The van der Waals surface area contributed by atoms with Crippen LogP contribution in [-0.4, -0.2) is 26.9 Å². The Morgan fingerprint density at radius 3 is 2.40 bits per heavy atom. The van der Waals surface area contributed by atoms with E-state index in [-0.39, 0.29) is 23.4 Å². The van der Waals surface area contributed by atoms with Crippen molar-refractivity contribution in [1.82, 2.24) is 5.32 Å². The van der Waals surface area contributed by atoms with Gasteiger partial charge in [0.15, 0.2) is 0 Å². The average molecular weight is 358 g/mol. The fourth-order valence-electron chi connectivity index (χ4n) is 2.66. The summed E-state index contributed by atoms with van der Waals surface area (Å²) in [5.74, 6) is -0.275. The topological polar surface area (TPSA) is 66.5 Å². The van der Waals surface area contributed by atoms with Crippen LogP contribution >= 0.6 is 0 Å². The summed E-state index contributed by atoms with van der Waals surface area (Å²) in [6, 6.07) is 13.9. The number of hydrogen-bond acceptors (Lipinski definition) is 3. The molecular weight excluding hydrogens is 336 g/mol. The second-order valence-corrected chi connectivity index (χ2v) is 8.25. The van der Waals surface area contributed by atoms with Crippen molar-refractivity contribution < 1.29 is 13.2 Å². The van der Waals surface area contributed by atoms with Gasteiger partial charge in [-0.05, 0) is 56.0 Å². The van der Waals surface area contributed by atoms with Crippen molar-refractivity contribution in [2.45, 2.75) is 37.6 Å². The molecule has 2 aromatic rings. The van der Waals surface area contributed by atoms with Crippen molar-refractivity contribution in [3.05, 3.63) is 59.7 Å². The van der Waals surface area contributed by atoms with E-state index in [0.29, 0.717) is 5.69 Å². The lowest BCUT2D eigenvalue weighted by atomic mass is 10.1. The molecule has 1 saturated carbocycles. The minimum atomic E-state index is -3.83. The summed E-state index contributed by atoms with van der Waals surface area (Å²) in [5.41, 5.74) is 2.37. The van der Waals surface area contributed by atoms with Crippen molar-refractivity contribution >= 4 is 21.6 Å². The van der Waals surface area contributed by atoms with Gasteiger partial charge in [-0.2, -0.15) is 0 Å². The van der Waals surface area contributed by atoms with E-state index in [0.717, 1.165) is 24.0 Å². The van der Waals surface area contributed by atoms with Gasteiger partial charge in [-0.1, -0.05) is 30.3 Å². The first kappa shape index (κ1) is 17.5. The highest BCUT2D eigenvalue weighted by Gasteiger charge is 2.30. The van der Waals surface area contributed by atoms with Crippen LogP contribution in [0.5, 0.6) is 0 Å². The fraction of sp³-hybridized carbons (Fsp3) is 0.316. The normalized spacial score (nSPS) is 14.2. The Morgan fingerprint density at radius 2 is 1.76 bits per heavy atom. The highest BCUT2D eigenvalue weighted by Crippen LogP contribution is 2.28.